The highest BCUT2D eigenvalue weighted by atomic mass is 32.2. The molecule has 0 N–H and O–H groups in total. The molecule has 0 radical (unpaired) electrons. The number of allylic oxidation sites excluding steroid dienone is 1. The lowest BCUT2D eigenvalue weighted by Crippen LogP contribution is -2.10. The van der Waals surface area contributed by atoms with Gasteiger partial charge in [-0.3, -0.25) is 0 Å². The maximum Gasteiger partial charge on any atom is 0.339 e. The van der Waals surface area contributed by atoms with E-state index in [9.17, 15) is 13.7 Å². The summed E-state index contributed by atoms with van der Waals surface area (Å²) in [5.74, 6) is 1.04. The lowest BCUT2D eigenvalue weighted by Gasteiger charge is -2.13. The Morgan fingerprint density at radius 2 is 1.69 bits per heavy atom. The van der Waals surface area contributed by atoms with Crippen LogP contribution >= 0.6 is 0 Å². The fourth-order valence-electron chi connectivity index (χ4n) is 2.94. The third-order valence-electron chi connectivity index (χ3n) is 4.61. The van der Waals surface area contributed by atoms with Crippen molar-refractivity contribution in [3.05, 3.63) is 83.4 Å². The normalized spacial score (nSPS) is 11.5. The van der Waals surface area contributed by atoms with Gasteiger partial charge in [0, 0.05) is 0 Å². The molecule has 0 spiro atoms. The SMILES string of the molecule is CCOc1cc(/C=C(\C#N)c2ccc(OC)cc2)ccc1OS(=O)(=O)c1ccc(C)cc1. The van der Waals surface area contributed by atoms with Crippen LogP contribution in [0, 0.1) is 18.3 Å². The number of hydrogen-bond donors (Lipinski definition) is 0. The zero-order valence-electron chi connectivity index (χ0n) is 18.0. The van der Waals surface area contributed by atoms with Gasteiger partial charge in [0.05, 0.1) is 25.4 Å². The summed E-state index contributed by atoms with van der Waals surface area (Å²) < 4.78 is 41.5. The van der Waals surface area contributed by atoms with E-state index < -0.39 is 10.1 Å². The first kappa shape index (κ1) is 22.9. The van der Waals surface area contributed by atoms with E-state index in [-0.39, 0.29) is 16.4 Å². The smallest absolute Gasteiger partial charge is 0.339 e. The zero-order valence-corrected chi connectivity index (χ0v) is 18.8. The number of benzene rings is 3. The van der Waals surface area contributed by atoms with Crippen molar-refractivity contribution < 1.29 is 22.1 Å². The van der Waals surface area contributed by atoms with Crippen molar-refractivity contribution in [3.8, 4) is 23.3 Å². The van der Waals surface area contributed by atoms with Crippen molar-refractivity contribution >= 4 is 21.8 Å². The third kappa shape index (κ3) is 5.48. The molecule has 3 aromatic carbocycles. The number of nitrogens with zero attached hydrogens (tertiary/aromatic N) is 1. The van der Waals surface area contributed by atoms with Crippen LogP contribution in [0.15, 0.2) is 71.6 Å². The molecule has 0 heterocycles. The molecule has 0 unspecified atom stereocenters. The fourth-order valence-corrected chi connectivity index (χ4v) is 3.88. The number of rotatable bonds is 8. The molecule has 3 rings (SSSR count). The first-order chi connectivity index (χ1) is 15.4. The first-order valence-corrected chi connectivity index (χ1v) is 11.3. The highest BCUT2D eigenvalue weighted by Gasteiger charge is 2.19. The first-order valence-electron chi connectivity index (χ1n) is 9.90. The van der Waals surface area contributed by atoms with Crippen molar-refractivity contribution in [3.63, 3.8) is 0 Å². The summed E-state index contributed by atoms with van der Waals surface area (Å²) in [4.78, 5) is 0.0563. The van der Waals surface area contributed by atoms with Gasteiger partial charge >= 0.3 is 10.1 Å². The highest BCUT2D eigenvalue weighted by Crippen LogP contribution is 2.32. The molecule has 0 fully saturated rings. The molecule has 32 heavy (non-hydrogen) atoms. The van der Waals surface area contributed by atoms with Crippen LogP contribution in [0.1, 0.15) is 23.6 Å². The highest BCUT2D eigenvalue weighted by molar-refractivity contribution is 7.87. The predicted molar refractivity (Wildman–Crippen MR) is 123 cm³/mol. The molecule has 164 valence electrons. The minimum atomic E-state index is -4.02. The van der Waals surface area contributed by atoms with Gasteiger partial charge < -0.3 is 13.7 Å². The van der Waals surface area contributed by atoms with Crippen molar-refractivity contribution in [2.45, 2.75) is 18.7 Å². The Kier molecular flexibility index (Phi) is 7.18. The molecular formula is C25H23NO5S. The summed E-state index contributed by atoms with van der Waals surface area (Å²) in [5.41, 5.74) is 2.78. The number of ether oxygens (including phenoxy) is 2. The van der Waals surface area contributed by atoms with Crippen LogP contribution in [0.3, 0.4) is 0 Å². The van der Waals surface area contributed by atoms with E-state index in [0.717, 1.165) is 11.1 Å². The van der Waals surface area contributed by atoms with Gasteiger partial charge in [0.2, 0.25) is 0 Å². The van der Waals surface area contributed by atoms with Crippen LogP contribution in [0.2, 0.25) is 0 Å². The van der Waals surface area contributed by atoms with E-state index in [4.69, 9.17) is 13.7 Å². The standard InChI is InChI=1S/C25H23NO5S/c1-4-30-25-16-19(15-21(17-26)20-8-10-22(29-3)11-9-20)7-14-24(25)31-32(27,28)23-12-5-18(2)6-13-23/h5-16H,4H2,1-3H3/b21-15+. The van der Waals surface area contributed by atoms with E-state index in [2.05, 4.69) is 6.07 Å². The third-order valence-corrected chi connectivity index (χ3v) is 5.86. The molecule has 0 aliphatic carbocycles. The molecule has 7 heteroatoms. The Morgan fingerprint density at radius 3 is 2.28 bits per heavy atom. The average Bonchev–Trinajstić information content (AvgIpc) is 2.79. The Labute approximate surface area is 188 Å². The van der Waals surface area contributed by atoms with E-state index in [0.29, 0.717) is 23.5 Å². The predicted octanol–water partition coefficient (Wildman–Crippen LogP) is 5.23. The quantitative estimate of drug-likeness (QED) is 0.266. The van der Waals surface area contributed by atoms with E-state index >= 15 is 0 Å². The van der Waals surface area contributed by atoms with E-state index in [1.807, 2.05) is 6.92 Å². The number of hydrogen-bond acceptors (Lipinski definition) is 6. The van der Waals surface area contributed by atoms with E-state index in [1.54, 1.807) is 68.6 Å². The van der Waals surface area contributed by atoms with Gasteiger partial charge in [-0.25, -0.2) is 0 Å². The molecular weight excluding hydrogens is 426 g/mol. The van der Waals surface area contributed by atoms with E-state index in [1.165, 1.54) is 18.2 Å². The largest absolute Gasteiger partial charge is 0.497 e. The molecule has 3 aromatic rings. The number of aryl methyl sites for hydroxylation is 1. The van der Waals surface area contributed by atoms with Gasteiger partial charge in [0.15, 0.2) is 11.5 Å². The maximum atomic E-state index is 12.7. The molecule has 0 amide bonds. The van der Waals surface area contributed by atoms with Gasteiger partial charge in [0.25, 0.3) is 0 Å². The monoisotopic (exact) mass is 449 g/mol. The Bertz CT molecular complexity index is 1260. The van der Waals surface area contributed by atoms with Gasteiger partial charge in [-0.1, -0.05) is 23.8 Å². The van der Waals surface area contributed by atoms with Crippen LogP contribution in [0.4, 0.5) is 0 Å². The molecule has 0 saturated carbocycles. The van der Waals surface area contributed by atoms with Gasteiger partial charge in [-0.15, -0.1) is 0 Å². The molecule has 0 saturated heterocycles. The van der Waals surface area contributed by atoms with Crippen LogP contribution in [0.5, 0.6) is 17.2 Å². The number of nitriles is 1. The molecule has 0 aromatic heterocycles. The second kappa shape index (κ2) is 10.0. The molecule has 0 aliphatic rings. The Morgan fingerprint density at radius 1 is 1.00 bits per heavy atom. The van der Waals surface area contributed by atoms with Gasteiger partial charge in [-0.2, -0.15) is 13.7 Å². The maximum absolute atomic E-state index is 12.7. The van der Waals surface area contributed by atoms with Crippen LogP contribution in [-0.2, 0) is 10.1 Å². The topological polar surface area (TPSA) is 85.6 Å². The van der Waals surface area contributed by atoms with Gasteiger partial charge in [-0.05, 0) is 79.6 Å². The van der Waals surface area contributed by atoms with Crippen molar-refractivity contribution in [1.82, 2.24) is 0 Å². The molecule has 6 nitrogen and oxygen atoms in total. The Hall–Kier alpha value is -3.76. The summed E-state index contributed by atoms with van der Waals surface area (Å²) in [6, 6.07) is 20.6. The van der Waals surface area contributed by atoms with Gasteiger partial charge in [0.1, 0.15) is 10.6 Å². The average molecular weight is 450 g/mol. The van der Waals surface area contributed by atoms with Crippen LogP contribution < -0.4 is 13.7 Å². The van der Waals surface area contributed by atoms with Crippen molar-refractivity contribution in [2.24, 2.45) is 0 Å². The molecule has 0 aliphatic heterocycles. The minimum absolute atomic E-state index is 0.0563. The lowest BCUT2D eigenvalue weighted by molar-refractivity contribution is 0.327. The lowest BCUT2D eigenvalue weighted by atomic mass is 10.0. The van der Waals surface area contributed by atoms with Crippen molar-refractivity contribution in [1.29, 1.82) is 5.26 Å². The molecule has 0 atom stereocenters. The fraction of sp³-hybridized carbons (Fsp3) is 0.160. The Balaban J connectivity index is 1.93. The zero-order chi connectivity index (χ0) is 23.1. The second-order valence-corrected chi connectivity index (χ2v) is 8.43. The summed E-state index contributed by atoms with van der Waals surface area (Å²) in [6.07, 6.45) is 1.70. The second-order valence-electron chi connectivity index (χ2n) is 6.89. The van der Waals surface area contributed by atoms with Crippen LogP contribution in [-0.4, -0.2) is 22.1 Å². The minimum Gasteiger partial charge on any atom is -0.497 e. The summed E-state index contributed by atoms with van der Waals surface area (Å²) in [5, 5.41) is 9.61. The van der Waals surface area contributed by atoms with Crippen LogP contribution in [0.25, 0.3) is 11.6 Å². The number of methoxy groups -OCH3 is 1. The molecule has 0 bridgehead atoms. The summed E-state index contributed by atoms with van der Waals surface area (Å²) >= 11 is 0. The van der Waals surface area contributed by atoms with Crippen molar-refractivity contribution in [2.75, 3.05) is 13.7 Å². The summed E-state index contributed by atoms with van der Waals surface area (Å²) in [6.45, 7) is 3.98. The summed E-state index contributed by atoms with van der Waals surface area (Å²) in [7, 11) is -2.44.